The van der Waals surface area contributed by atoms with Crippen molar-refractivity contribution in [1.82, 2.24) is 0 Å². The van der Waals surface area contributed by atoms with Gasteiger partial charge < -0.3 is 20.1 Å². The molecule has 0 saturated carbocycles. The average Bonchev–Trinajstić information content (AvgIpc) is 3.62. The Morgan fingerprint density at radius 2 is 1.58 bits per heavy atom. The summed E-state index contributed by atoms with van der Waals surface area (Å²) in [5.41, 5.74) is 7.43. The van der Waals surface area contributed by atoms with Crippen LogP contribution in [0.5, 0.6) is 0 Å². The molecule has 2 N–H and O–H groups in total. The van der Waals surface area contributed by atoms with Gasteiger partial charge in [-0.25, -0.2) is 0 Å². The monoisotopic (exact) mass is 428 g/mol. The third kappa shape index (κ3) is 15.4. The molecule has 1 heterocycles. The number of hydrogen-bond acceptors (Lipinski definition) is 4. The van der Waals surface area contributed by atoms with Gasteiger partial charge in [0.15, 0.2) is 0 Å². The molecule has 3 rings (SSSR count). The fraction of sp³-hybridized carbons (Fsp3) is 0.556. The highest BCUT2D eigenvalue weighted by Crippen LogP contribution is 2.16. The van der Waals surface area contributed by atoms with Crippen molar-refractivity contribution in [2.24, 2.45) is 5.92 Å². The van der Waals surface area contributed by atoms with Crippen LogP contribution in [0.4, 0.5) is 11.4 Å². The summed E-state index contributed by atoms with van der Waals surface area (Å²) < 4.78 is 10.8. The highest BCUT2D eigenvalue weighted by molar-refractivity contribution is 5.43. The van der Waals surface area contributed by atoms with Gasteiger partial charge in [-0.2, -0.15) is 0 Å². The Bertz CT molecular complexity index is 630. The number of benzene rings is 2. The van der Waals surface area contributed by atoms with E-state index in [4.69, 9.17) is 15.2 Å². The average molecular weight is 429 g/mol. The first kappa shape index (κ1) is 27.0. The Kier molecular flexibility index (Phi) is 15.3. The van der Waals surface area contributed by atoms with Gasteiger partial charge in [0.25, 0.3) is 0 Å². The molecule has 0 radical (unpaired) electrons. The lowest BCUT2D eigenvalue weighted by Gasteiger charge is -2.14. The second kappa shape index (κ2) is 17.6. The molecule has 1 fully saturated rings. The summed E-state index contributed by atoms with van der Waals surface area (Å²) in [6.45, 7) is 7.18. The molecule has 1 aliphatic rings. The van der Waals surface area contributed by atoms with Gasteiger partial charge >= 0.3 is 0 Å². The van der Waals surface area contributed by atoms with E-state index in [1.54, 1.807) is 0 Å². The van der Waals surface area contributed by atoms with E-state index in [0.29, 0.717) is 6.10 Å². The zero-order chi connectivity index (χ0) is 22.7. The third-order valence-corrected chi connectivity index (χ3v) is 5.18. The van der Waals surface area contributed by atoms with Crippen molar-refractivity contribution in [3.05, 3.63) is 60.7 Å². The van der Waals surface area contributed by atoms with Crippen LogP contribution in [0.2, 0.25) is 0 Å². The molecule has 0 amide bonds. The highest BCUT2D eigenvalue weighted by atomic mass is 16.6. The Labute approximate surface area is 190 Å². The standard InChI is InChI=1S/C13H26O2.C8H11N.C6H7N/c1-3-5-6-7-8-12(4-2)9-14-10-13-11-15-13;1-9(2)8-6-4-3-5-7-8;7-6-4-2-1-3-5-6/h12-13H,3-11H2,1-2H3;3-7H,1-2H3;1-5H,7H2. The Morgan fingerprint density at radius 1 is 0.968 bits per heavy atom. The Morgan fingerprint density at radius 3 is 2.00 bits per heavy atom. The molecule has 2 atom stereocenters. The number of ether oxygens (including phenoxy) is 2. The minimum Gasteiger partial charge on any atom is -0.399 e. The van der Waals surface area contributed by atoms with Crippen molar-refractivity contribution in [2.45, 2.75) is 58.5 Å². The maximum atomic E-state index is 5.64. The number of unbranched alkanes of at least 4 members (excludes halogenated alkanes) is 3. The first-order valence-corrected chi connectivity index (χ1v) is 11.8. The number of nitrogens with two attached hydrogens (primary N) is 1. The quantitative estimate of drug-likeness (QED) is 0.255. The van der Waals surface area contributed by atoms with Crippen molar-refractivity contribution in [1.29, 1.82) is 0 Å². The molecule has 174 valence electrons. The lowest BCUT2D eigenvalue weighted by atomic mass is 9.99. The predicted octanol–water partition coefficient (Wildman–Crippen LogP) is 6.42. The van der Waals surface area contributed by atoms with Crippen LogP contribution in [-0.4, -0.2) is 40.0 Å². The fourth-order valence-corrected chi connectivity index (χ4v) is 2.97. The zero-order valence-electron chi connectivity index (χ0n) is 20.1. The summed E-state index contributed by atoms with van der Waals surface area (Å²) in [7, 11) is 4.07. The largest absolute Gasteiger partial charge is 0.399 e. The van der Waals surface area contributed by atoms with Gasteiger partial charge in [-0.1, -0.05) is 82.3 Å². The second-order valence-electron chi connectivity index (χ2n) is 8.26. The predicted molar refractivity (Wildman–Crippen MR) is 135 cm³/mol. The van der Waals surface area contributed by atoms with E-state index in [0.717, 1.165) is 31.4 Å². The summed E-state index contributed by atoms with van der Waals surface area (Å²) in [6, 6.07) is 19.7. The topological polar surface area (TPSA) is 51.0 Å². The number of hydrogen-bond donors (Lipinski definition) is 1. The zero-order valence-corrected chi connectivity index (χ0v) is 20.1. The minimum absolute atomic E-state index is 0.419. The van der Waals surface area contributed by atoms with Gasteiger partial charge in [0.1, 0.15) is 6.10 Å². The Hall–Kier alpha value is -2.04. The number of epoxide rings is 1. The molecule has 1 aliphatic heterocycles. The number of nitrogens with zero attached hydrogens (tertiary/aromatic N) is 1. The maximum Gasteiger partial charge on any atom is 0.104 e. The summed E-state index contributed by atoms with van der Waals surface area (Å²) in [5, 5.41) is 0. The van der Waals surface area contributed by atoms with Crippen LogP contribution in [0, 0.1) is 5.92 Å². The molecule has 0 aliphatic carbocycles. The molecule has 0 aromatic heterocycles. The molecule has 2 unspecified atom stereocenters. The molecule has 2 aromatic carbocycles. The molecular weight excluding hydrogens is 384 g/mol. The first-order valence-electron chi connectivity index (χ1n) is 11.8. The van der Waals surface area contributed by atoms with E-state index in [-0.39, 0.29) is 0 Å². The number of rotatable bonds is 11. The SMILES string of the molecule is CCCCCCC(CC)COCC1CO1.CN(C)c1ccccc1.Nc1ccccc1. The van der Waals surface area contributed by atoms with Crippen LogP contribution in [-0.2, 0) is 9.47 Å². The lowest BCUT2D eigenvalue weighted by Crippen LogP contribution is -2.12. The summed E-state index contributed by atoms with van der Waals surface area (Å²) in [4.78, 5) is 2.08. The van der Waals surface area contributed by atoms with E-state index >= 15 is 0 Å². The normalized spacial score (nSPS) is 15.0. The summed E-state index contributed by atoms with van der Waals surface area (Å²) in [6.07, 6.45) is 8.47. The van der Waals surface area contributed by atoms with Gasteiger partial charge in [-0.15, -0.1) is 0 Å². The maximum absolute atomic E-state index is 5.64. The number of nitrogen functional groups attached to an aromatic ring is 1. The summed E-state index contributed by atoms with van der Waals surface area (Å²) >= 11 is 0. The van der Waals surface area contributed by atoms with Crippen LogP contribution < -0.4 is 10.6 Å². The molecule has 4 heteroatoms. The van der Waals surface area contributed by atoms with Crippen LogP contribution in [0.3, 0.4) is 0 Å². The molecule has 4 nitrogen and oxygen atoms in total. The van der Waals surface area contributed by atoms with Crippen molar-refractivity contribution in [3.63, 3.8) is 0 Å². The fourth-order valence-electron chi connectivity index (χ4n) is 2.97. The Balaban J connectivity index is 0.000000254. The lowest BCUT2D eigenvalue weighted by molar-refractivity contribution is 0.0812. The van der Waals surface area contributed by atoms with E-state index in [2.05, 4.69) is 30.9 Å². The van der Waals surface area contributed by atoms with Crippen LogP contribution in [0.15, 0.2) is 60.7 Å². The van der Waals surface area contributed by atoms with Crippen molar-refractivity contribution in [3.8, 4) is 0 Å². The van der Waals surface area contributed by atoms with Crippen molar-refractivity contribution >= 4 is 11.4 Å². The smallest absolute Gasteiger partial charge is 0.104 e. The van der Waals surface area contributed by atoms with Crippen LogP contribution >= 0.6 is 0 Å². The van der Waals surface area contributed by atoms with Gasteiger partial charge in [0.05, 0.1) is 13.2 Å². The third-order valence-electron chi connectivity index (χ3n) is 5.18. The van der Waals surface area contributed by atoms with Gasteiger partial charge in [-0.05, 0) is 36.6 Å². The van der Waals surface area contributed by atoms with Gasteiger partial charge in [0, 0.05) is 32.1 Å². The minimum atomic E-state index is 0.419. The van der Waals surface area contributed by atoms with Crippen molar-refractivity contribution in [2.75, 3.05) is 44.5 Å². The summed E-state index contributed by atoms with van der Waals surface area (Å²) in [5.74, 6) is 0.764. The molecule has 31 heavy (non-hydrogen) atoms. The second-order valence-corrected chi connectivity index (χ2v) is 8.26. The van der Waals surface area contributed by atoms with Crippen LogP contribution in [0.25, 0.3) is 0 Å². The highest BCUT2D eigenvalue weighted by Gasteiger charge is 2.22. The van der Waals surface area contributed by atoms with E-state index in [1.807, 2.05) is 62.6 Å². The number of para-hydroxylation sites is 2. The molecule has 1 saturated heterocycles. The molecule has 0 spiro atoms. The van der Waals surface area contributed by atoms with Crippen LogP contribution in [0.1, 0.15) is 52.4 Å². The first-order chi connectivity index (χ1) is 15.1. The molecule has 2 aromatic rings. The van der Waals surface area contributed by atoms with Crippen molar-refractivity contribution < 1.29 is 9.47 Å². The van der Waals surface area contributed by atoms with E-state index in [9.17, 15) is 0 Å². The molecular formula is C27H44N2O2. The van der Waals surface area contributed by atoms with E-state index in [1.165, 1.54) is 44.2 Å². The van der Waals surface area contributed by atoms with Gasteiger partial charge in [0.2, 0.25) is 0 Å². The van der Waals surface area contributed by atoms with Gasteiger partial charge in [-0.3, -0.25) is 0 Å². The van der Waals surface area contributed by atoms with E-state index < -0.39 is 0 Å². The number of anilines is 2. The molecule has 0 bridgehead atoms.